The van der Waals surface area contributed by atoms with E-state index in [1.54, 1.807) is 14.0 Å². The monoisotopic (exact) mass is 266 g/mol. The molecule has 0 bridgehead atoms. The molecule has 19 heavy (non-hydrogen) atoms. The van der Waals surface area contributed by atoms with Crippen LogP contribution in [0, 0.1) is 0 Å². The highest BCUT2D eigenvalue weighted by Crippen LogP contribution is 2.22. The van der Waals surface area contributed by atoms with Crippen LogP contribution in [0.25, 0.3) is 0 Å². The predicted molar refractivity (Wildman–Crippen MR) is 78.5 cm³/mol. The van der Waals surface area contributed by atoms with Gasteiger partial charge in [0.25, 0.3) is 0 Å². The molecule has 0 fully saturated rings. The van der Waals surface area contributed by atoms with Crippen LogP contribution in [0.15, 0.2) is 18.3 Å². The van der Waals surface area contributed by atoms with Crippen molar-refractivity contribution in [1.29, 1.82) is 0 Å². The van der Waals surface area contributed by atoms with Gasteiger partial charge in [0.1, 0.15) is 5.82 Å². The summed E-state index contributed by atoms with van der Waals surface area (Å²) >= 11 is 0. The molecule has 0 aliphatic rings. The largest absolute Gasteiger partial charge is 0.388 e. The molecule has 0 amide bonds. The van der Waals surface area contributed by atoms with Gasteiger partial charge in [0.2, 0.25) is 0 Å². The van der Waals surface area contributed by atoms with Gasteiger partial charge in [0, 0.05) is 32.9 Å². The molecule has 1 unspecified atom stereocenters. The lowest BCUT2D eigenvalue weighted by atomic mass is 9.88. The van der Waals surface area contributed by atoms with Gasteiger partial charge in [-0.05, 0) is 24.0 Å². The van der Waals surface area contributed by atoms with E-state index in [2.05, 4.69) is 37.1 Å². The molecule has 4 heteroatoms. The van der Waals surface area contributed by atoms with Crippen molar-refractivity contribution < 1.29 is 9.84 Å². The Labute approximate surface area is 116 Å². The Morgan fingerprint density at radius 3 is 2.42 bits per heavy atom. The third kappa shape index (κ3) is 5.57. The lowest BCUT2D eigenvalue weighted by Crippen LogP contribution is -2.34. The summed E-state index contributed by atoms with van der Waals surface area (Å²) in [7, 11) is 1.64. The third-order valence-corrected chi connectivity index (χ3v) is 3.12. The smallest absolute Gasteiger partial charge is 0.125 e. The summed E-state index contributed by atoms with van der Waals surface area (Å²) in [6, 6.07) is 4.02. The molecule has 1 rings (SSSR count). The average Bonchev–Trinajstić information content (AvgIpc) is 2.34. The summed E-state index contributed by atoms with van der Waals surface area (Å²) in [6.07, 6.45) is 2.47. The Morgan fingerprint density at radius 2 is 1.95 bits per heavy atom. The van der Waals surface area contributed by atoms with Crippen LogP contribution in [0.1, 0.15) is 39.7 Å². The number of anilines is 1. The number of hydrogen-bond donors (Lipinski definition) is 2. The van der Waals surface area contributed by atoms with E-state index >= 15 is 0 Å². The van der Waals surface area contributed by atoms with Crippen LogP contribution >= 0.6 is 0 Å². The summed E-state index contributed by atoms with van der Waals surface area (Å²) in [5, 5.41) is 13.3. The zero-order valence-corrected chi connectivity index (χ0v) is 12.7. The van der Waals surface area contributed by atoms with E-state index in [4.69, 9.17) is 4.74 Å². The first kappa shape index (κ1) is 15.9. The minimum atomic E-state index is -0.791. The SMILES string of the molecule is COCCC(C)(O)CNc1ccc(C(C)(C)C)cn1. The molecule has 0 aromatic carbocycles. The Morgan fingerprint density at radius 1 is 1.26 bits per heavy atom. The van der Waals surface area contributed by atoms with Crippen LogP contribution in [0.2, 0.25) is 0 Å². The minimum Gasteiger partial charge on any atom is -0.388 e. The van der Waals surface area contributed by atoms with Crippen LogP contribution in [0.4, 0.5) is 5.82 Å². The highest BCUT2D eigenvalue weighted by atomic mass is 16.5. The molecule has 0 saturated carbocycles. The maximum absolute atomic E-state index is 10.1. The standard InChI is InChI=1S/C15H26N2O2/c1-14(2,3)12-6-7-13(16-10-12)17-11-15(4,18)8-9-19-5/h6-7,10,18H,8-9,11H2,1-5H3,(H,16,17). The first-order valence-corrected chi connectivity index (χ1v) is 6.66. The van der Waals surface area contributed by atoms with Gasteiger partial charge in [-0.25, -0.2) is 4.98 Å². The Kier molecular flexibility index (Phi) is 5.32. The second-order valence-electron chi connectivity index (χ2n) is 6.28. The Bertz CT molecular complexity index is 380. The highest BCUT2D eigenvalue weighted by molar-refractivity contribution is 5.37. The summed E-state index contributed by atoms with van der Waals surface area (Å²) < 4.78 is 4.98. The Hall–Kier alpha value is -1.13. The summed E-state index contributed by atoms with van der Waals surface area (Å²) in [4.78, 5) is 4.38. The van der Waals surface area contributed by atoms with Crippen LogP contribution in [-0.4, -0.2) is 36.0 Å². The minimum absolute atomic E-state index is 0.107. The van der Waals surface area contributed by atoms with Crippen molar-refractivity contribution in [2.45, 2.75) is 45.1 Å². The fourth-order valence-corrected chi connectivity index (χ4v) is 1.63. The molecule has 108 valence electrons. The van der Waals surface area contributed by atoms with Gasteiger partial charge in [0.15, 0.2) is 0 Å². The van der Waals surface area contributed by atoms with Crippen LogP contribution in [-0.2, 0) is 10.2 Å². The van der Waals surface area contributed by atoms with E-state index in [1.165, 1.54) is 5.56 Å². The fraction of sp³-hybridized carbons (Fsp3) is 0.667. The maximum Gasteiger partial charge on any atom is 0.125 e. The normalized spacial score (nSPS) is 15.1. The van der Waals surface area contributed by atoms with Gasteiger partial charge < -0.3 is 15.2 Å². The molecular weight excluding hydrogens is 240 g/mol. The van der Waals surface area contributed by atoms with Gasteiger partial charge in [-0.2, -0.15) is 0 Å². The molecular formula is C15H26N2O2. The van der Waals surface area contributed by atoms with E-state index in [0.29, 0.717) is 19.6 Å². The predicted octanol–water partition coefficient (Wildman–Crippen LogP) is 2.58. The molecule has 0 radical (unpaired) electrons. The summed E-state index contributed by atoms with van der Waals surface area (Å²) in [5.41, 5.74) is 0.514. The number of pyridine rings is 1. The van der Waals surface area contributed by atoms with Crippen molar-refractivity contribution in [1.82, 2.24) is 4.98 Å². The molecule has 1 heterocycles. The van der Waals surface area contributed by atoms with E-state index in [9.17, 15) is 5.11 Å². The van der Waals surface area contributed by atoms with Gasteiger partial charge in [-0.15, -0.1) is 0 Å². The number of nitrogens with one attached hydrogen (secondary N) is 1. The van der Waals surface area contributed by atoms with Crippen molar-refractivity contribution in [3.05, 3.63) is 23.9 Å². The number of aromatic nitrogens is 1. The van der Waals surface area contributed by atoms with Gasteiger partial charge in [0.05, 0.1) is 5.60 Å². The Balaban J connectivity index is 2.54. The van der Waals surface area contributed by atoms with E-state index in [1.807, 2.05) is 12.3 Å². The van der Waals surface area contributed by atoms with Crippen LogP contribution < -0.4 is 5.32 Å². The lowest BCUT2D eigenvalue weighted by molar-refractivity contribution is 0.0357. The molecule has 0 saturated heterocycles. The molecule has 0 spiro atoms. The van der Waals surface area contributed by atoms with Gasteiger partial charge in [-0.3, -0.25) is 0 Å². The number of hydrogen-bond acceptors (Lipinski definition) is 4. The molecule has 0 aliphatic heterocycles. The number of ether oxygens (including phenoxy) is 1. The van der Waals surface area contributed by atoms with Crippen molar-refractivity contribution in [3.63, 3.8) is 0 Å². The second kappa shape index (κ2) is 6.35. The van der Waals surface area contributed by atoms with E-state index in [-0.39, 0.29) is 5.41 Å². The topological polar surface area (TPSA) is 54.4 Å². The average molecular weight is 266 g/mol. The quantitative estimate of drug-likeness (QED) is 0.831. The van der Waals surface area contributed by atoms with Crippen molar-refractivity contribution in [2.75, 3.05) is 25.6 Å². The first-order valence-electron chi connectivity index (χ1n) is 6.66. The van der Waals surface area contributed by atoms with E-state index in [0.717, 1.165) is 5.82 Å². The van der Waals surface area contributed by atoms with Crippen molar-refractivity contribution in [2.24, 2.45) is 0 Å². The molecule has 0 aliphatic carbocycles. The fourth-order valence-electron chi connectivity index (χ4n) is 1.63. The zero-order valence-electron chi connectivity index (χ0n) is 12.7. The van der Waals surface area contributed by atoms with Crippen LogP contribution in [0.3, 0.4) is 0 Å². The van der Waals surface area contributed by atoms with Crippen molar-refractivity contribution in [3.8, 4) is 0 Å². The maximum atomic E-state index is 10.1. The zero-order chi connectivity index (χ0) is 14.5. The lowest BCUT2D eigenvalue weighted by Gasteiger charge is -2.24. The number of aliphatic hydroxyl groups is 1. The second-order valence-corrected chi connectivity index (χ2v) is 6.28. The number of nitrogens with zero attached hydrogens (tertiary/aromatic N) is 1. The molecule has 2 N–H and O–H groups in total. The highest BCUT2D eigenvalue weighted by Gasteiger charge is 2.20. The number of methoxy groups -OCH3 is 1. The first-order chi connectivity index (χ1) is 8.74. The summed E-state index contributed by atoms with van der Waals surface area (Å²) in [5.74, 6) is 0.783. The van der Waals surface area contributed by atoms with Gasteiger partial charge >= 0.3 is 0 Å². The molecule has 1 atom stereocenters. The number of rotatable bonds is 6. The molecule has 1 aromatic heterocycles. The van der Waals surface area contributed by atoms with Gasteiger partial charge in [-0.1, -0.05) is 26.8 Å². The molecule has 4 nitrogen and oxygen atoms in total. The van der Waals surface area contributed by atoms with Crippen LogP contribution in [0.5, 0.6) is 0 Å². The van der Waals surface area contributed by atoms with E-state index < -0.39 is 5.60 Å². The molecule has 1 aromatic rings. The van der Waals surface area contributed by atoms with Crippen molar-refractivity contribution >= 4 is 5.82 Å². The third-order valence-electron chi connectivity index (χ3n) is 3.12. The summed E-state index contributed by atoms with van der Waals surface area (Å²) in [6.45, 7) is 9.28.